The van der Waals surface area contributed by atoms with Gasteiger partial charge in [-0.05, 0) is 61.3 Å². The SMILES string of the molecule is CC(C)N(CC1CC1)C(=O)C(CCC(=O)O)NC(=O)OCC1c2ccccc2-c2ccccc21. The quantitative estimate of drug-likeness (QED) is 0.543. The molecule has 34 heavy (non-hydrogen) atoms. The van der Waals surface area contributed by atoms with Crippen LogP contribution in [0.15, 0.2) is 48.5 Å². The summed E-state index contributed by atoms with van der Waals surface area (Å²) in [5, 5.41) is 11.8. The van der Waals surface area contributed by atoms with Gasteiger partial charge in [-0.2, -0.15) is 0 Å². The maximum atomic E-state index is 13.2. The first kappa shape index (κ1) is 23.8. The van der Waals surface area contributed by atoms with Crippen molar-refractivity contribution in [3.8, 4) is 11.1 Å². The highest BCUT2D eigenvalue weighted by Gasteiger charge is 2.34. The molecule has 0 saturated heterocycles. The maximum absolute atomic E-state index is 13.2. The minimum absolute atomic E-state index is 0.0201. The van der Waals surface area contributed by atoms with E-state index in [1.165, 1.54) is 0 Å². The summed E-state index contributed by atoms with van der Waals surface area (Å²) in [6.07, 6.45) is 1.29. The Bertz CT molecular complexity index is 1020. The van der Waals surface area contributed by atoms with E-state index in [1.54, 1.807) is 4.90 Å². The summed E-state index contributed by atoms with van der Waals surface area (Å²) < 4.78 is 5.59. The fourth-order valence-corrected chi connectivity index (χ4v) is 4.64. The number of nitrogens with zero attached hydrogens (tertiary/aromatic N) is 1. The van der Waals surface area contributed by atoms with E-state index >= 15 is 0 Å². The van der Waals surface area contributed by atoms with Crippen molar-refractivity contribution >= 4 is 18.0 Å². The van der Waals surface area contributed by atoms with Gasteiger partial charge in [-0.3, -0.25) is 9.59 Å². The van der Waals surface area contributed by atoms with Crippen LogP contribution in [0.3, 0.4) is 0 Å². The lowest BCUT2D eigenvalue weighted by molar-refractivity contribution is -0.138. The number of ether oxygens (including phenoxy) is 1. The van der Waals surface area contributed by atoms with Crippen molar-refractivity contribution < 1.29 is 24.2 Å². The van der Waals surface area contributed by atoms with Crippen LogP contribution in [0.4, 0.5) is 4.79 Å². The Hall–Kier alpha value is -3.35. The Morgan fingerprint density at radius 1 is 1.03 bits per heavy atom. The predicted molar refractivity (Wildman–Crippen MR) is 128 cm³/mol. The first-order chi connectivity index (χ1) is 16.3. The zero-order chi connectivity index (χ0) is 24.2. The standard InChI is InChI=1S/C27H32N2O5/c1-17(2)29(15-18-11-12-18)26(32)24(13-14-25(30)31)28-27(33)34-16-23-21-9-5-3-7-19(21)20-8-4-6-10-22(20)23/h3-10,17-18,23-24H,11-16H2,1-2H3,(H,28,33)(H,30,31). The van der Waals surface area contributed by atoms with Crippen LogP contribution in [0.5, 0.6) is 0 Å². The number of hydrogen-bond donors (Lipinski definition) is 2. The Morgan fingerprint density at radius 2 is 1.62 bits per heavy atom. The average Bonchev–Trinajstić information content (AvgIpc) is 3.59. The number of benzene rings is 2. The van der Waals surface area contributed by atoms with Crippen molar-refractivity contribution in [2.45, 2.75) is 57.5 Å². The molecule has 2 N–H and O–H groups in total. The van der Waals surface area contributed by atoms with Crippen LogP contribution in [0.25, 0.3) is 11.1 Å². The molecule has 0 aliphatic heterocycles. The molecule has 0 heterocycles. The summed E-state index contributed by atoms with van der Waals surface area (Å²) >= 11 is 0. The van der Waals surface area contributed by atoms with E-state index in [-0.39, 0.29) is 37.3 Å². The second-order valence-corrected chi connectivity index (χ2v) is 9.48. The van der Waals surface area contributed by atoms with Gasteiger partial charge in [0.05, 0.1) is 0 Å². The smallest absolute Gasteiger partial charge is 0.407 e. The van der Waals surface area contributed by atoms with Crippen molar-refractivity contribution in [2.24, 2.45) is 5.92 Å². The summed E-state index contributed by atoms with van der Waals surface area (Å²) in [6, 6.07) is 15.2. The third-order valence-electron chi connectivity index (χ3n) is 6.64. The van der Waals surface area contributed by atoms with E-state index in [4.69, 9.17) is 9.84 Å². The van der Waals surface area contributed by atoms with E-state index in [9.17, 15) is 14.4 Å². The highest BCUT2D eigenvalue weighted by atomic mass is 16.5. The molecule has 2 aromatic rings. The molecule has 7 nitrogen and oxygen atoms in total. The lowest BCUT2D eigenvalue weighted by Crippen LogP contribution is -2.51. The number of alkyl carbamates (subject to hydrolysis) is 1. The summed E-state index contributed by atoms with van der Waals surface area (Å²) in [5.41, 5.74) is 4.47. The summed E-state index contributed by atoms with van der Waals surface area (Å²) in [7, 11) is 0. The number of fused-ring (bicyclic) bond motifs is 3. The molecule has 1 atom stereocenters. The van der Waals surface area contributed by atoms with E-state index in [2.05, 4.69) is 17.4 Å². The minimum atomic E-state index is -1.01. The van der Waals surface area contributed by atoms with Crippen LogP contribution in [0, 0.1) is 5.92 Å². The molecule has 0 spiro atoms. The van der Waals surface area contributed by atoms with Gasteiger partial charge in [-0.15, -0.1) is 0 Å². The van der Waals surface area contributed by atoms with Gasteiger partial charge in [0, 0.05) is 24.9 Å². The van der Waals surface area contributed by atoms with Crippen LogP contribution in [0.1, 0.15) is 56.6 Å². The number of rotatable bonds is 10. The van der Waals surface area contributed by atoms with Gasteiger partial charge in [0.2, 0.25) is 5.91 Å². The van der Waals surface area contributed by atoms with Gasteiger partial charge in [-0.1, -0.05) is 48.5 Å². The number of carbonyl (C=O) groups excluding carboxylic acids is 2. The van der Waals surface area contributed by atoms with Crippen molar-refractivity contribution in [1.29, 1.82) is 0 Å². The first-order valence-electron chi connectivity index (χ1n) is 12.0. The maximum Gasteiger partial charge on any atom is 0.407 e. The van der Waals surface area contributed by atoms with Crippen LogP contribution >= 0.6 is 0 Å². The van der Waals surface area contributed by atoms with Crippen molar-refractivity contribution in [2.75, 3.05) is 13.2 Å². The van der Waals surface area contributed by atoms with Gasteiger partial charge < -0.3 is 20.1 Å². The van der Waals surface area contributed by atoms with Crippen LogP contribution in [-0.2, 0) is 14.3 Å². The lowest BCUT2D eigenvalue weighted by Gasteiger charge is -2.31. The highest BCUT2D eigenvalue weighted by molar-refractivity contribution is 5.86. The Labute approximate surface area is 200 Å². The summed E-state index contributed by atoms with van der Waals surface area (Å²) in [5.74, 6) is -0.864. The number of nitrogens with one attached hydrogen (secondary N) is 1. The largest absolute Gasteiger partial charge is 0.481 e. The van der Waals surface area contributed by atoms with Gasteiger partial charge in [0.25, 0.3) is 0 Å². The topological polar surface area (TPSA) is 95.9 Å². The predicted octanol–water partition coefficient (Wildman–Crippen LogP) is 4.41. The number of amides is 2. The van der Waals surface area contributed by atoms with Gasteiger partial charge in [0.1, 0.15) is 12.6 Å². The molecule has 0 aromatic heterocycles. The molecule has 0 radical (unpaired) electrons. The number of aliphatic carboxylic acids is 1. The normalized spacial score (nSPS) is 15.4. The highest BCUT2D eigenvalue weighted by Crippen LogP contribution is 2.44. The van der Waals surface area contributed by atoms with Crippen molar-refractivity contribution in [3.63, 3.8) is 0 Å². The minimum Gasteiger partial charge on any atom is -0.481 e. The number of carboxylic acids is 1. The molecule has 1 fully saturated rings. The number of carbonyl (C=O) groups is 3. The zero-order valence-electron chi connectivity index (χ0n) is 19.7. The molecular weight excluding hydrogens is 432 g/mol. The number of carboxylic acid groups (broad SMARTS) is 1. The van der Waals surface area contributed by atoms with Crippen LogP contribution < -0.4 is 5.32 Å². The molecule has 7 heteroatoms. The van der Waals surface area contributed by atoms with Crippen LogP contribution in [0.2, 0.25) is 0 Å². The van der Waals surface area contributed by atoms with Crippen molar-refractivity contribution in [1.82, 2.24) is 10.2 Å². The Balaban J connectivity index is 1.43. The summed E-state index contributed by atoms with van der Waals surface area (Å²) in [6.45, 7) is 4.63. The third kappa shape index (κ3) is 5.41. The van der Waals surface area contributed by atoms with E-state index in [0.29, 0.717) is 12.5 Å². The molecule has 2 aliphatic rings. The fraction of sp³-hybridized carbons (Fsp3) is 0.444. The molecule has 1 saturated carbocycles. The van der Waals surface area contributed by atoms with Crippen molar-refractivity contribution in [3.05, 3.63) is 59.7 Å². The molecule has 2 aliphatic carbocycles. The molecule has 180 valence electrons. The van der Waals surface area contributed by atoms with Gasteiger partial charge >= 0.3 is 12.1 Å². The second-order valence-electron chi connectivity index (χ2n) is 9.48. The Kier molecular flexibility index (Phi) is 7.20. The average molecular weight is 465 g/mol. The molecule has 1 unspecified atom stereocenters. The fourth-order valence-electron chi connectivity index (χ4n) is 4.64. The van der Waals surface area contributed by atoms with Crippen LogP contribution in [-0.4, -0.2) is 53.2 Å². The molecule has 2 aromatic carbocycles. The van der Waals surface area contributed by atoms with Gasteiger partial charge in [-0.25, -0.2) is 4.79 Å². The molecule has 2 amide bonds. The first-order valence-corrected chi connectivity index (χ1v) is 12.0. The molecule has 0 bridgehead atoms. The van der Waals surface area contributed by atoms with E-state index < -0.39 is 18.1 Å². The zero-order valence-corrected chi connectivity index (χ0v) is 19.7. The molecular formula is C27H32N2O5. The lowest BCUT2D eigenvalue weighted by atomic mass is 9.98. The Morgan fingerprint density at radius 3 is 2.15 bits per heavy atom. The summed E-state index contributed by atoms with van der Waals surface area (Å²) in [4.78, 5) is 38.9. The van der Waals surface area contributed by atoms with E-state index in [1.807, 2.05) is 50.2 Å². The van der Waals surface area contributed by atoms with Gasteiger partial charge in [0.15, 0.2) is 0 Å². The molecule has 4 rings (SSSR count). The third-order valence-corrected chi connectivity index (χ3v) is 6.64. The monoisotopic (exact) mass is 464 g/mol. The second kappa shape index (κ2) is 10.3. The van der Waals surface area contributed by atoms with E-state index in [0.717, 1.165) is 35.1 Å². The number of hydrogen-bond acceptors (Lipinski definition) is 4.